The fraction of sp³-hybridized carbons (Fsp3) is 0.269. The number of hydrogen-bond acceptors (Lipinski definition) is 8. The first-order chi connectivity index (χ1) is 16.6. The van der Waals surface area contributed by atoms with Crippen molar-refractivity contribution in [1.29, 1.82) is 0 Å². The molecule has 1 atom stereocenters. The van der Waals surface area contributed by atoms with Crippen molar-refractivity contribution in [3.05, 3.63) is 84.1 Å². The second-order valence-corrected chi connectivity index (χ2v) is 8.50. The number of anilines is 3. The van der Waals surface area contributed by atoms with Crippen LogP contribution >= 0.6 is 0 Å². The molecule has 0 unspecified atom stereocenters. The van der Waals surface area contributed by atoms with Crippen LogP contribution in [-0.4, -0.2) is 50.6 Å². The molecule has 8 nitrogen and oxygen atoms in total. The van der Waals surface area contributed by atoms with Crippen LogP contribution in [0.1, 0.15) is 24.0 Å². The normalized spacial score (nSPS) is 15.8. The van der Waals surface area contributed by atoms with E-state index in [0.717, 1.165) is 36.8 Å². The summed E-state index contributed by atoms with van der Waals surface area (Å²) in [7, 11) is 0. The molecular weight excluding hydrogens is 424 g/mol. The molecule has 1 aromatic carbocycles. The second-order valence-electron chi connectivity index (χ2n) is 8.50. The third kappa shape index (κ3) is 5.18. The monoisotopic (exact) mass is 452 g/mol. The molecule has 4 heterocycles. The fourth-order valence-corrected chi connectivity index (χ4v) is 4.12. The highest BCUT2D eigenvalue weighted by Gasteiger charge is 2.18. The summed E-state index contributed by atoms with van der Waals surface area (Å²) >= 11 is 0. The zero-order chi connectivity index (χ0) is 23.3. The van der Waals surface area contributed by atoms with Gasteiger partial charge in [-0.1, -0.05) is 18.2 Å². The fourth-order valence-electron chi connectivity index (χ4n) is 4.12. The molecule has 4 aromatic rings. The van der Waals surface area contributed by atoms with E-state index in [-0.39, 0.29) is 0 Å². The number of benzene rings is 1. The molecular formula is C26H28N8. The maximum Gasteiger partial charge on any atom is 0.180 e. The zero-order valence-electron chi connectivity index (χ0n) is 19.4. The lowest BCUT2D eigenvalue weighted by Crippen LogP contribution is -2.49. The molecule has 34 heavy (non-hydrogen) atoms. The lowest BCUT2D eigenvalue weighted by molar-refractivity contribution is 0.501. The number of hydrogen-bond donors (Lipinski definition) is 2. The molecule has 0 spiro atoms. The van der Waals surface area contributed by atoms with Crippen molar-refractivity contribution < 1.29 is 0 Å². The predicted molar refractivity (Wildman–Crippen MR) is 134 cm³/mol. The van der Waals surface area contributed by atoms with Gasteiger partial charge in [-0.25, -0.2) is 24.9 Å². The molecule has 172 valence electrons. The highest BCUT2D eigenvalue weighted by atomic mass is 15.2. The van der Waals surface area contributed by atoms with Gasteiger partial charge >= 0.3 is 0 Å². The summed E-state index contributed by atoms with van der Waals surface area (Å²) in [5.74, 6) is 2.68. The Kier molecular flexibility index (Phi) is 6.40. The van der Waals surface area contributed by atoms with Crippen LogP contribution in [0.2, 0.25) is 0 Å². The average molecular weight is 453 g/mol. The molecule has 3 aromatic heterocycles. The van der Waals surface area contributed by atoms with E-state index in [2.05, 4.69) is 71.6 Å². The Morgan fingerprint density at radius 1 is 0.941 bits per heavy atom. The molecule has 1 saturated heterocycles. The maximum atomic E-state index is 4.69. The number of pyridine rings is 1. The summed E-state index contributed by atoms with van der Waals surface area (Å²) in [5.41, 5.74) is 4.11. The highest BCUT2D eigenvalue weighted by Crippen LogP contribution is 2.21. The summed E-state index contributed by atoms with van der Waals surface area (Å²) in [6.07, 6.45) is 4.15. The summed E-state index contributed by atoms with van der Waals surface area (Å²) < 4.78 is 0. The van der Waals surface area contributed by atoms with Gasteiger partial charge in [-0.05, 0) is 55.8 Å². The smallest absolute Gasteiger partial charge is 0.180 e. The third-order valence-electron chi connectivity index (χ3n) is 5.87. The third-order valence-corrected chi connectivity index (χ3v) is 5.87. The molecule has 0 aliphatic carbocycles. The van der Waals surface area contributed by atoms with Gasteiger partial charge in [0.05, 0.1) is 0 Å². The Bertz CT molecular complexity index is 1260. The number of nitrogens with one attached hydrogen (secondary N) is 2. The van der Waals surface area contributed by atoms with Crippen LogP contribution in [0.15, 0.2) is 67.0 Å². The van der Waals surface area contributed by atoms with Gasteiger partial charge in [0, 0.05) is 55.9 Å². The number of nitrogens with zero attached hydrogens (tertiary/aromatic N) is 6. The van der Waals surface area contributed by atoms with E-state index in [1.807, 2.05) is 37.3 Å². The second kappa shape index (κ2) is 9.93. The Morgan fingerprint density at radius 3 is 2.53 bits per heavy atom. The van der Waals surface area contributed by atoms with Gasteiger partial charge in [0.15, 0.2) is 5.82 Å². The zero-order valence-corrected chi connectivity index (χ0v) is 19.4. The maximum absolute atomic E-state index is 4.69. The van der Waals surface area contributed by atoms with Crippen LogP contribution in [0.3, 0.4) is 0 Å². The summed E-state index contributed by atoms with van der Waals surface area (Å²) in [5, 5.41) is 6.71. The van der Waals surface area contributed by atoms with Crippen LogP contribution in [0.4, 0.5) is 17.3 Å². The largest absolute Gasteiger partial charge is 0.366 e. The van der Waals surface area contributed by atoms with E-state index in [1.54, 1.807) is 12.4 Å². The minimum Gasteiger partial charge on any atom is -0.366 e. The van der Waals surface area contributed by atoms with Crippen molar-refractivity contribution in [2.45, 2.75) is 26.3 Å². The molecule has 1 fully saturated rings. The number of piperazine rings is 1. The molecule has 5 rings (SSSR count). The van der Waals surface area contributed by atoms with Crippen molar-refractivity contribution in [1.82, 2.24) is 30.2 Å². The molecule has 1 aliphatic rings. The lowest BCUT2D eigenvalue weighted by atomic mass is 10.1. The van der Waals surface area contributed by atoms with E-state index in [9.17, 15) is 0 Å². The van der Waals surface area contributed by atoms with Crippen molar-refractivity contribution in [3.8, 4) is 11.5 Å². The van der Waals surface area contributed by atoms with Gasteiger partial charge in [-0.2, -0.15) is 0 Å². The van der Waals surface area contributed by atoms with E-state index in [1.165, 1.54) is 11.3 Å². The molecule has 0 radical (unpaired) electrons. The van der Waals surface area contributed by atoms with E-state index >= 15 is 0 Å². The van der Waals surface area contributed by atoms with Gasteiger partial charge in [-0.15, -0.1) is 0 Å². The predicted octanol–water partition coefficient (Wildman–Crippen LogP) is 3.77. The van der Waals surface area contributed by atoms with Crippen LogP contribution in [-0.2, 0) is 6.42 Å². The minimum atomic E-state index is 0.495. The van der Waals surface area contributed by atoms with Gasteiger partial charge in [0.1, 0.15) is 23.2 Å². The minimum absolute atomic E-state index is 0.495. The summed E-state index contributed by atoms with van der Waals surface area (Å²) in [4.78, 5) is 25.1. The Labute approximate surface area is 199 Å². The molecule has 0 amide bonds. The number of rotatable bonds is 6. The topological polar surface area (TPSA) is 91.8 Å². The van der Waals surface area contributed by atoms with Crippen molar-refractivity contribution >= 4 is 17.3 Å². The Morgan fingerprint density at radius 2 is 1.74 bits per heavy atom. The van der Waals surface area contributed by atoms with Crippen molar-refractivity contribution in [2.24, 2.45) is 0 Å². The molecule has 2 N–H and O–H groups in total. The van der Waals surface area contributed by atoms with Crippen LogP contribution in [0, 0.1) is 6.92 Å². The van der Waals surface area contributed by atoms with Crippen LogP contribution < -0.4 is 15.5 Å². The first kappa shape index (κ1) is 21.9. The van der Waals surface area contributed by atoms with E-state index in [0.29, 0.717) is 29.9 Å². The lowest BCUT2D eigenvalue weighted by Gasteiger charge is -2.36. The highest BCUT2D eigenvalue weighted by molar-refractivity contribution is 5.56. The molecule has 8 heteroatoms. The SMILES string of the molecule is Cc1cccc(-c2nccc(Nc3ccnc(Cc4ccc(N5CCNC[C@H]5C)cc4)n3)n2)n1. The Balaban J connectivity index is 1.27. The van der Waals surface area contributed by atoms with Gasteiger partial charge in [-0.3, -0.25) is 0 Å². The molecule has 1 aliphatic heterocycles. The van der Waals surface area contributed by atoms with Crippen LogP contribution in [0.5, 0.6) is 0 Å². The van der Waals surface area contributed by atoms with Gasteiger partial charge in [0.25, 0.3) is 0 Å². The van der Waals surface area contributed by atoms with Crippen LogP contribution in [0.25, 0.3) is 11.5 Å². The standard InChI is InChI=1S/C26H28N8/c1-18-4-3-5-22(30-18)26-29-13-11-24(33-26)31-23-10-12-28-25(32-23)16-20-6-8-21(9-7-20)34-15-14-27-17-19(34)2/h3-13,19,27H,14-17H2,1-2H3,(H,28,29,31,32,33)/t19-/m1/s1. The number of aromatic nitrogens is 5. The molecule has 0 saturated carbocycles. The first-order valence-corrected chi connectivity index (χ1v) is 11.6. The quantitative estimate of drug-likeness (QED) is 0.457. The summed E-state index contributed by atoms with van der Waals surface area (Å²) in [6, 6.07) is 18.7. The van der Waals surface area contributed by atoms with Gasteiger partial charge < -0.3 is 15.5 Å². The summed E-state index contributed by atoms with van der Waals surface area (Å²) in [6.45, 7) is 7.28. The first-order valence-electron chi connectivity index (χ1n) is 11.6. The van der Waals surface area contributed by atoms with Crippen molar-refractivity contribution in [3.63, 3.8) is 0 Å². The Hall–Kier alpha value is -3.91. The van der Waals surface area contributed by atoms with Gasteiger partial charge in [0.2, 0.25) is 0 Å². The van der Waals surface area contributed by atoms with E-state index in [4.69, 9.17) is 0 Å². The number of aryl methyl sites for hydroxylation is 1. The van der Waals surface area contributed by atoms with Crippen molar-refractivity contribution in [2.75, 3.05) is 29.9 Å². The average Bonchev–Trinajstić information content (AvgIpc) is 2.85. The van der Waals surface area contributed by atoms with E-state index < -0.39 is 0 Å². The molecule has 0 bridgehead atoms.